The predicted octanol–water partition coefficient (Wildman–Crippen LogP) is 2.88. The zero-order chi connectivity index (χ0) is 10.2. The Morgan fingerprint density at radius 1 is 1.43 bits per heavy atom. The fourth-order valence-electron chi connectivity index (χ4n) is 0.871. The summed E-state index contributed by atoms with van der Waals surface area (Å²) in [5, 5.41) is 3.31. The third-order valence-corrected chi connectivity index (χ3v) is 1.50. The van der Waals surface area contributed by atoms with E-state index in [2.05, 4.69) is 21.9 Å². The van der Waals surface area contributed by atoms with E-state index in [1.54, 1.807) is 18.2 Å². The molecule has 0 spiro atoms. The van der Waals surface area contributed by atoms with Crippen molar-refractivity contribution in [3.05, 3.63) is 46.1 Å². The lowest BCUT2D eigenvalue weighted by Gasteiger charge is -1.90. The van der Waals surface area contributed by atoms with Crippen molar-refractivity contribution in [2.24, 2.45) is 5.11 Å². The molecule has 0 heterocycles. The van der Waals surface area contributed by atoms with Crippen LogP contribution >= 0.6 is 0 Å². The highest BCUT2D eigenvalue weighted by atomic mass is 19.1. The van der Waals surface area contributed by atoms with Crippen LogP contribution in [0.4, 0.5) is 4.39 Å². The first kappa shape index (κ1) is 10.1. The molecule has 0 N–H and O–H groups in total. The highest BCUT2D eigenvalue weighted by Gasteiger charge is 1.93. The van der Waals surface area contributed by atoms with E-state index in [9.17, 15) is 4.39 Å². The van der Waals surface area contributed by atoms with Crippen molar-refractivity contribution in [3.63, 3.8) is 0 Å². The van der Waals surface area contributed by atoms with E-state index in [1.807, 2.05) is 0 Å². The van der Waals surface area contributed by atoms with Crippen LogP contribution < -0.4 is 0 Å². The van der Waals surface area contributed by atoms with Gasteiger partial charge in [0.15, 0.2) is 0 Å². The van der Waals surface area contributed by atoms with Gasteiger partial charge in [-0.2, -0.15) is 0 Å². The Kier molecular flexibility index (Phi) is 4.06. The molecule has 3 nitrogen and oxygen atoms in total. The maximum atomic E-state index is 13.0. The lowest BCUT2D eigenvalue weighted by molar-refractivity contribution is 0.624. The molecule has 1 aromatic rings. The van der Waals surface area contributed by atoms with E-state index in [0.717, 1.165) is 0 Å². The lowest BCUT2D eigenvalue weighted by Crippen LogP contribution is -1.81. The van der Waals surface area contributed by atoms with Gasteiger partial charge in [-0.25, -0.2) is 4.39 Å². The molecule has 0 aliphatic heterocycles. The first-order valence-corrected chi connectivity index (χ1v) is 4.09. The highest BCUT2D eigenvalue weighted by Crippen LogP contribution is 2.03. The second-order valence-corrected chi connectivity index (χ2v) is 2.49. The Morgan fingerprint density at radius 2 is 2.21 bits per heavy atom. The van der Waals surface area contributed by atoms with Gasteiger partial charge in [0.1, 0.15) is 5.82 Å². The maximum absolute atomic E-state index is 13.0. The van der Waals surface area contributed by atoms with Crippen molar-refractivity contribution in [3.8, 4) is 11.8 Å². The number of benzene rings is 1. The van der Waals surface area contributed by atoms with Gasteiger partial charge in [-0.15, -0.1) is 0 Å². The van der Waals surface area contributed by atoms with Gasteiger partial charge in [0, 0.05) is 17.9 Å². The molecule has 0 fully saturated rings. The maximum Gasteiger partial charge on any atom is 0.138 e. The number of halogens is 1. The Hall–Kier alpha value is -1.98. The quantitative estimate of drug-likeness (QED) is 0.226. The van der Waals surface area contributed by atoms with Gasteiger partial charge in [0.05, 0.1) is 5.56 Å². The molecule has 0 saturated heterocycles. The number of azide groups is 1. The van der Waals surface area contributed by atoms with Crippen molar-refractivity contribution in [2.75, 3.05) is 6.54 Å². The number of nitrogens with zero attached hydrogens (tertiary/aromatic N) is 3. The van der Waals surface area contributed by atoms with Crippen molar-refractivity contribution >= 4 is 0 Å². The van der Waals surface area contributed by atoms with Crippen molar-refractivity contribution in [1.29, 1.82) is 0 Å². The van der Waals surface area contributed by atoms with E-state index in [-0.39, 0.29) is 5.82 Å². The molecule has 4 heteroatoms. The van der Waals surface area contributed by atoms with E-state index >= 15 is 0 Å². The van der Waals surface area contributed by atoms with Crippen LogP contribution in [0.1, 0.15) is 12.0 Å². The van der Waals surface area contributed by atoms with Crippen molar-refractivity contribution in [2.45, 2.75) is 6.42 Å². The fourth-order valence-corrected chi connectivity index (χ4v) is 0.871. The van der Waals surface area contributed by atoms with Crippen molar-refractivity contribution < 1.29 is 4.39 Å². The number of hydrogen-bond donors (Lipinski definition) is 0. The molecule has 14 heavy (non-hydrogen) atoms. The first-order chi connectivity index (χ1) is 6.84. The molecule has 0 bridgehead atoms. The zero-order valence-electron chi connectivity index (χ0n) is 7.44. The van der Waals surface area contributed by atoms with Gasteiger partial charge in [-0.05, 0) is 17.7 Å². The zero-order valence-corrected chi connectivity index (χ0v) is 7.44. The molecule has 0 aromatic heterocycles. The van der Waals surface area contributed by atoms with E-state index in [4.69, 9.17) is 5.53 Å². The summed E-state index contributed by atoms with van der Waals surface area (Å²) in [5.41, 5.74) is 8.35. The third kappa shape index (κ3) is 3.18. The SMILES string of the molecule is [N-]=[N+]=NCCC#Cc1ccccc1F. The van der Waals surface area contributed by atoms with Gasteiger partial charge in [0.25, 0.3) is 0 Å². The smallest absolute Gasteiger partial charge is 0.138 e. The predicted molar refractivity (Wildman–Crippen MR) is 51.9 cm³/mol. The van der Waals surface area contributed by atoms with Crippen LogP contribution in [0.5, 0.6) is 0 Å². The number of rotatable bonds is 2. The van der Waals surface area contributed by atoms with Crippen LogP contribution in [0.15, 0.2) is 29.4 Å². The average Bonchev–Trinajstić information content (AvgIpc) is 2.20. The van der Waals surface area contributed by atoms with Crippen LogP contribution in [0.2, 0.25) is 0 Å². The Balaban J connectivity index is 2.59. The highest BCUT2D eigenvalue weighted by molar-refractivity contribution is 5.35. The van der Waals surface area contributed by atoms with Crippen LogP contribution in [-0.2, 0) is 0 Å². The van der Waals surface area contributed by atoms with Gasteiger partial charge in [-0.1, -0.05) is 29.1 Å². The Morgan fingerprint density at radius 3 is 2.93 bits per heavy atom. The molecule has 0 atom stereocenters. The topological polar surface area (TPSA) is 48.8 Å². The summed E-state index contributed by atoms with van der Waals surface area (Å²) in [5.74, 6) is 5.06. The molecule has 70 valence electrons. The largest absolute Gasteiger partial charge is 0.206 e. The molecule has 0 amide bonds. The summed E-state index contributed by atoms with van der Waals surface area (Å²) in [7, 11) is 0. The molecule has 0 unspecified atom stereocenters. The standard InChI is InChI=1S/C10H8FN3/c11-10-7-2-1-5-9(10)6-3-4-8-13-14-12/h1-2,5,7H,4,8H2. The summed E-state index contributed by atoms with van der Waals surface area (Å²) >= 11 is 0. The van der Waals surface area contributed by atoms with E-state index in [0.29, 0.717) is 18.5 Å². The molecule has 0 aliphatic carbocycles. The second kappa shape index (κ2) is 5.63. The van der Waals surface area contributed by atoms with Crippen molar-refractivity contribution in [1.82, 2.24) is 0 Å². The summed E-state index contributed by atoms with van der Waals surface area (Å²) in [6.07, 6.45) is 0.443. The Bertz CT molecular complexity index is 411. The summed E-state index contributed by atoms with van der Waals surface area (Å²) in [6, 6.07) is 6.30. The van der Waals surface area contributed by atoms with Gasteiger partial charge >= 0.3 is 0 Å². The lowest BCUT2D eigenvalue weighted by atomic mass is 10.2. The van der Waals surface area contributed by atoms with Crippen LogP contribution in [0.25, 0.3) is 10.4 Å². The average molecular weight is 189 g/mol. The molecule has 0 saturated carbocycles. The second-order valence-electron chi connectivity index (χ2n) is 2.49. The molecule has 0 radical (unpaired) electrons. The summed E-state index contributed by atoms with van der Waals surface area (Å²) in [6.45, 7) is 0.317. The minimum Gasteiger partial charge on any atom is -0.206 e. The Labute approximate surface area is 81.2 Å². The van der Waals surface area contributed by atoms with Gasteiger partial charge < -0.3 is 0 Å². The fraction of sp³-hybridized carbons (Fsp3) is 0.200. The third-order valence-electron chi connectivity index (χ3n) is 1.50. The first-order valence-electron chi connectivity index (χ1n) is 4.09. The number of hydrogen-bond acceptors (Lipinski definition) is 1. The monoisotopic (exact) mass is 189 g/mol. The molecule has 1 aromatic carbocycles. The van der Waals surface area contributed by atoms with Gasteiger partial charge in [0.2, 0.25) is 0 Å². The van der Waals surface area contributed by atoms with E-state index in [1.165, 1.54) is 6.07 Å². The minimum atomic E-state index is -0.330. The van der Waals surface area contributed by atoms with E-state index < -0.39 is 0 Å². The molecule has 1 rings (SSSR count). The molecular weight excluding hydrogens is 181 g/mol. The molecule has 0 aliphatic rings. The molecular formula is C10H8FN3. The minimum absolute atomic E-state index is 0.317. The van der Waals surface area contributed by atoms with Gasteiger partial charge in [-0.3, -0.25) is 0 Å². The van der Waals surface area contributed by atoms with Crippen LogP contribution in [0, 0.1) is 17.7 Å². The summed E-state index contributed by atoms with van der Waals surface area (Å²) in [4.78, 5) is 2.58. The van der Waals surface area contributed by atoms with Crippen LogP contribution in [0.3, 0.4) is 0 Å². The normalized spacial score (nSPS) is 8.36. The van der Waals surface area contributed by atoms with Crippen LogP contribution in [-0.4, -0.2) is 6.54 Å². The summed E-state index contributed by atoms with van der Waals surface area (Å²) < 4.78 is 13.0.